The van der Waals surface area contributed by atoms with Gasteiger partial charge in [0, 0.05) is 19.1 Å². The predicted molar refractivity (Wildman–Crippen MR) is 72.3 cm³/mol. The van der Waals surface area contributed by atoms with Crippen LogP contribution in [-0.2, 0) is 15.5 Å². The summed E-state index contributed by atoms with van der Waals surface area (Å²) in [7, 11) is 1.53. The van der Waals surface area contributed by atoms with Gasteiger partial charge in [-0.2, -0.15) is 0 Å². The molecule has 0 fully saturated rings. The molecule has 7 heteroatoms. The molecule has 1 rings (SSSR count). The fourth-order valence-corrected chi connectivity index (χ4v) is 1.98. The molecule has 0 aliphatic heterocycles. The van der Waals surface area contributed by atoms with E-state index in [0.29, 0.717) is 23.4 Å². The lowest BCUT2D eigenvalue weighted by atomic mass is 10.0. The number of hydrogen-bond acceptors (Lipinski definition) is 3. The SMILES string of the molecule is COCCOc1ccc(C(F)(F)CCC(=O)O)cc1Br. The van der Waals surface area contributed by atoms with Gasteiger partial charge in [0.25, 0.3) is 5.92 Å². The van der Waals surface area contributed by atoms with Crippen molar-refractivity contribution < 1.29 is 28.2 Å². The molecule has 1 aromatic carbocycles. The number of carboxylic acid groups (broad SMARTS) is 1. The Balaban J connectivity index is 2.77. The molecule has 0 saturated heterocycles. The monoisotopic (exact) mass is 352 g/mol. The predicted octanol–water partition coefficient (Wildman–Crippen LogP) is 3.43. The molecule has 0 amide bonds. The van der Waals surface area contributed by atoms with Crippen molar-refractivity contribution in [3.8, 4) is 5.75 Å². The highest BCUT2D eigenvalue weighted by atomic mass is 79.9. The highest BCUT2D eigenvalue weighted by Crippen LogP contribution is 2.37. The number of rotatable bonds is 8. The number of ether oxygens (including phenoxy) is 2. The van der Waals surface area contributed by atoms with E-state index in [2.05, 4.69) is 15.9 Å². The molecular formula is C13H15BrF2O4. The average molecular weight is 353 g/mol. The van der Waals surface area contributed by atoms with Crippen LogP contribution in [-0.4, -0.2) is 31.4 Å². The molecule has 1 N–H and O–H groups in total. The summed E-state index contributed by atoms with van der Waals surface area (Å²) in [6.45, 7) is 0.701. The second kappa shape index (κ2) is 7.54. The van der Waals surface area contributed by atoms with Crippen LogP contribution in [0.5, 0.6) is 5.75 Å². The fourth-order valence-electron chi connectivity index (χ4n) is 1.49. The van der Waals surface area contributed by atoms with E-state index in [9.17, 15) is 13.6 Å². The first-order valence-electron chi connectivity index (χ1n) is 5.88. The third kappa shape index (κ3) is 5.05. The van der Waals surface area contributed by atoms with Gasteiger partial charge in [-0.1, -0.05) is 0 Å². The zero-order valence-corrected chi connectivity index (χ0v) is 12.5. The summed E-state index contributed by atoms with van der Waals surface area (Å²) >= 11 is 3.16. The van der Waals surface area contributed by atoms with Crippen LogP contribution in [0, 0.1) is 0 Å². The number of carboxylic acids is 1. The molecule has 0 radical (unpaired) electrons. The molecule has 1 aromatic rings. The summed E-state index contributed by atoms with van der Waals surface area (Å²) in [5.41, 5.74) is -0.246. The summed E-state index contributed by atoms with van der Waals surface area (Å²) in [5.74, 6) is -4.01. The van der Waals surface area contributed by atoms with E-state index in [-0.39, 0.29) is 5.56 Å². The Bertz CT molecular complexity index is 466. The van der Waals surface area contributed by atoms with Gasteiger partial charge in [-0.15, -0.1) is 0 Å². The first-order chi connectivity index (χ1) is 9.36. The molecule has 0 aliphatic rings. The highest BCUT2D eigenvalue weighted by molar-refractivity contribution is 9.10. The van der Waals surface area contributed by atoms with Crippen molar-refractivity contribution in [1.29, 1.82) is 0 Å². The zero-order valence-electron chi connectivity index (χ0n) is 10.9. The Kier molecular flexibility index (Phi) is 6.35. The van der Waals surface area contributed by atoms with E-state index in [1.165, 1.54) is 25.3 Å². The topological polar surface area (TPSA) is 55.8 Å². The Hall–Kier alpha value is -1.21. The van der Waals surface area contributed by atoms with Crippen LogP contribution in [0.3, 0.4) is 0 Å². The van der Waals surface area contributed by atoms with Crippen LogP contribution < -0.4 is 4.74 Å². The van der Waals surface area contributed by atoms with Gasteiger partial charge in [0.2, 0.25) is 0 Å². The van der Waals surface area contributed by atoms with E-state index in [4.69, 9.17) is 14.6 Å². The lowest BCUT2D eigenvalue weighted by Crippen LogP contribution is -2.15. The van der Waals surface area contributed by atoms with Gasteiger partial charge in [0.05, 0.1) is 17.5 Å². The minimum absolute atomic E-state index is 0.246. The summed E-state index contributed by atoms with van der Waals surface area (Å²) in [6, 6.07) is 3.89. The van der Waals surface area contributed by atoms with Crippen LogP contribution in [0.25, 0.3) is 0 Å². The number of alkyl halides is 2. The Labute approximate surface area is 123 Å². The molecule has 0 atom stereocenters. The van der Waals surface area contributed by atoms with Gasteiger partial charge in [-0.25, -0.2) is 8.78 Å². The van der Waals surface area contributed by atoms with Crippen molar-refractivity contribution in [2.24, 2.45) is 0 Å². The van der Waals surface area contributed by atoms with Crippen molar-refractivity contribution in [2.75, 3.05) is 20.3 Å². The first-order valence-corrected chi connectivity index (χ1v) is 6.67. The summed E-state index contributed by atoms with van der Waals surface area (Å²) in [4.78, 5) is 10.4. The first kappa shape index (κ1) is 16.8. The minimum atomic E-state index is -3.19. The quantitative estimate of drug-likeness (QED) is 0.728. The summed E-state index contributed by atoms with van der Waals surface area (Å²) < 4.78 is 38.1. The van der Waals surface area contributed by atoms with Gasteiger partial charge in [-0.3, -0.25) is 4.79 Å². The average Bonchev–Trinajstić information content (AvgIpc) is 2.38. The number of aliphatic carboxylic acids is 1. The molecule has 0 heterocycles. The fraction of sp³-hybridized carbons (Fsp3) is 0.462. The molecule has 112 valence electrons. The standard InChI is InChI=1S/C13H15BrF2O4/c1-19-6-7-20-11-3-2-9(8-10(11)14)13(15,16)5-4-12(17)18/h2-3,8H,4-7H2,1H3,(H,17,18). The van der Waals surface area contributed by atoms with Crippen molar-refractivity contribution in [3.63, 3.8) is 0 Å². The second-order valence-corrected chi connectivity index (χ2v) is 4.94. The van der Waals surface area contributed by atoms with Crippen molar-refractivity contribution in [2.45, 2.75) is 18.8 Å². The minimum Gasteiger partial charge on any atom is -0.490 e. The molecule has 0 aromatic heterocycles. The highest BCUT2D eigenvalue weighted by Gasteiger charge is 2.32. The van der Waals surface area contributed by atoms with E-state index >= 15 is 0 Å². The number of hydrogen-bond donors (Lipinski definition) is 1. The summed E-state index contributed by atoms with van der Waals surface area (Å²) in [6.07, 6.45) is -1.32. The van der Waals surface area contributed by atoms with Crippen molar-refractivity contribution in [1.82, 2.24) is 0 Å². The summed E-state index contributed by atoms with van der Waals surface area (Å²) in [5, 5.41) is 8.47. The maximum absolute atomic E-state index is 13.8. The normalized spacial score (nSPS) is 11.4. The molecule has 0 unspecified atom stereocenters. The Morgan fingerprint density at radius 1 is 1.40 bits per heavy atom. The van der Waals surface area contributed by atoms with Crippen LogP contribution in [0.1, 0.15) is 18.4 Å². The van der Waals surface area contributed by atoms with Crippen LogP contribution in [0.4, 0.5) is 8.78 Å². The molecule has 0 aliphatic carbocycles. The van der Waals surface area contributed by atoms with Crippen LogP contribution >= 0.6 is 15.9 Å². The third-order valence-electron chi connectivity index (χ3n) is 2.55. The Morgan fingerprint density at radius 3 is 2.65 bits per heavy atom. The second-order valence-electron chi connectivity index (χ2n) is 4.08. The Morgan fingerprint density at radius 2 is 2.10 bits per heavy atom. The van der Waals surface area contributed by atoms with Gasteiger partial charge >= 0.3 is 5.97 Å². The maximum Gasteiger partial charge on any atom is 0.303 e. The van der Waals surface area contributed by atoms with E-state index in [0.717, 1.165) is 0 Å². The lowest BCUT2D eigenvalue weighted by Gasteiger charge is -2.17. The largest absolute Gasteiger partial charge is 0.490 e. The number of methoxy groups -OCH3 is 1. The molecular weight excluding hydrogens is 338 g/mol. The zero-order chi connectivity index (χ0) is 15.2. The van der Waals surface area contributed by atoms with Gasteiger partial charge < -0.3 is 14.6 Å². The number of carbonyl (C=O) groups is 1. The molecule has 4 nitrogen and oxygen atoms in total. The van der Waals surface area contributed by atoms with Crippen LogP contribution in [0.15, 0.2) is 22.7 Å². The van der Waals surface area contributed by atoms with E-state index < -0.39 is 24.7 Å². The number of benzene rings is 1. The van der Waals surface area contributed by atoms with Gasteiger partial charge in [0.15, 0.2) is 0 Å². The third-order valence-corrected chi connectivity index (χ3v) is 3.17. The molecule has 20 heavy (non-hydrogen) atoms. The smallest absolute Gasteiger partial charge is 0.303 e. The molecule has 0 spiro atoms. The molecule has 0 saturated carbocycles. The van der Waals surface area contributed by atoms with E-state index in [1.54, 1.807) is 0 Å². The maximum atomic E-state index is 13.8. The van der Waals surface area contributed by atoms with Gasteiger partial charge in [0.1, 0.15) is 12.4 Å². The molecule has 0 bridgehead atoms. The van der Waals surface area contributed by atoms with Crippen molar-refractivity contribution in [3.05, 3.63) is 28.2 Å². The van der Waals surface area contributed by atoms with E-state index in [1.807, 2.05) is 0 Å². The van der Waals surface area contributed by atoms with Crippen molar-refractivity contribution >= 4 is 21.9 Å². The number of halogens is 3. The lowest BCUT2D eigenvalue weighted by molar-refractivity contribution is -0.139. The van der Waals surface area contributed by atoms with Crippen LogP contribution in [0.2, 0.25) is 0 Å². The van der Waals surface area contributed by atoms with Gasteiger partial charge in [-0.05, 0) is 34.1 Å².